The van der Waals surface area contributed by atoms with Crippen LogP contribution in [0.2, 0.25) is 0 Å². The van der Waals surface area contributed by atoms with Gasteiger partial charge in [-0.3, -0.25) is 9.80 Å². The molecule has 1 heterocycles. The summed E-state index contributed by atoms with van der Waals surface area (Å²) in [6, 6.07) is 10.7. The number of halogens is 1. The second-order valence-electron chi connectivity index (χ2n) is 6.02. The van der Waals surface area contributed by atoms with Crippen molar-refractivity contribution in [1.29, 1.82) is 0 Å². The first-order valence-corrected chi connectivity index (χ1v) is 8.15. The van der Waals surface area contributed by atoms with Gasteiger partial charge >= 0.3 is 5.97 Å². The predicted octanol–water partition coefficient (Wildman–Crippen LogP) is 2.97. The van der Waals surface area contributed by atoms with Crippen LogP contribution in [0.25, 0.3) is 0 Å². The van der Waals surface area contributed by atoms with Crippen molar-refractivity contribution in [3.05, 3.63) is 65.5 Å². The molecular weight excluding hydrogens is 337 g/mol. The predicted molar refractivity (Wildman–Crippen MR) is 95.8 cm³/mol. The van der Waals surface area contributed by atoms with E-state index in [9.17, 15) is 19.1 Å². The van der Waals surface area contributed by atoms with Gasteiger partial charge in [0.2, 0.25) is 0 Å². The van der Waals surface area contributed by atoms with Gasteiger partial charge in [0.1, 0.15) is 5.82 Å². The Morgan fingerprint density at radius 3 is 2.46 bits per heavy atom. The van der Waals surface area contributed by atoms with Crippen LogP contribution in [0, 0.1) is 5.82 Å². The summed E-state index contributed by atoms with van der Waals surface area (Å²) in [5.41, 5.74) is 2.09. The molecule has 0 aliphatic carbocycles. The number of anilines is 1. The van der Waals surface area contributed by atoms with Gasteiger partial charge in [0, 0.05) is 29.8 Å². The molecule has 3 rings (SSSR count). The smallest absolute Gasteiger partial charge is 0.331 e. The van der Waals surface area contributed by atoms with E-state index in [1.165, 1.54) is 18.2 Å². The van der Waals surface area contributed by atoms with E-state index in [0.717, 1.165) is 30.4 Å². The highest BCUT2D eigenvalue weighted by atomic mass is 19.1. The fourth-order valence-corrected chi connectivity index (χ4v) is 2.74. The lowest BCUT2D eigenvalue weighted by Crippen LogP contribution is -2.34. The number of hydrazone groups is 1. The molecule has 0 saturated carbocycles. The van der Waals surface area contributed by atoms with E-state index in [4.69, 9.17) is 0 Å². The van der Waals surface area contributed by atoms with E-state index in [-0.39, 0.29) is 11.1 Å². The molecule has 7 heteroatoms. The summed E-state index contributed by atoms with van der Waals surface area (Å²) >= 11 is 0. The quantitative estimate of drug-likeness (QED) is 0.864. The molecule has 1 unspecified atom stereocenters. The normalized spacial score (nSPS) is 14.7. The van der Waals surface area contributed by atoms with E-state index in [1.54, 1.807) is 24.3 Å². The van der Waals surface area contributed by atoms with Gasteiger partial charge in [-0.15, -0.1) is 0 Å². The van der Waals surface area contributed by atoms with Crippen LogP contribution in [0.4, 0.5) is 10.1 Å². The first-order valence-electron chi connectivity index (χ1n) is 8.15. The molecule has 6 nitrogen and oxygen atoms in total. The van der Waals surface area contributed by atoms with Crippen LogP contribution >= 0.6 is 0 Å². The second kappa shape index (κ2) is 7.35. The summed E-state index contributed by atoms with van der Waals surface area (Å²) < 4.78 is 13.9. The van der Waals surface area contributed by atoms with Gasteiger partial charge < -0.3 is 10.4 Å². The molecule has 1 amide bonds. The maximum absolute atomic E-state index is 13.9. The Labute approximate surface area is 149 Å². The molecule has 26 heavy (non-hydrogen) atoms. The molecule has 0 spiro atoms. The monoisotopic (exact) mass is 355 g/mol. The number of nitrogens with zero attached hydrogens (tertiary/aromatic N) is 2. The Balaban J connectivity index is 1.76. The molecule has 0 aromatic heterocycles. The summed E-state index contributed by atoms with van der Waals surface area (Å²) in [7, 11) is 0. The van der Waals surface area contributed by atoms with E-state index >= 15 is 0 Å². The average Bonchev–Trinajstić information content (AvgIpc) is 3.06. The van der Waals surface area contributed by atoms with Crippen LogP contribution in [-0.2, 0) is 4.79 Å². The van der Waals surface area contributed by atoms with Gasteiger partial charge in [-0.25, -0.2) is 9.18 Å². The summed E-state index contributed by atoms with van der Waals surface area (Å²) in [5, 5.41) is 18.0. The van der Waals surface area contributed by atoms with Gasteiger partial charge in [0.25, 0.3) is 5.91 Å². The third-order valence-electron chi connectivity index (χ3n) is 4.14. The molecule has 0 radical (unpaired) electrons. The van der Waals surface area contributed by atoms with Gasteiger partial charge in [-0.1, -0.05) is 18.2 Å². The molecule has 1 aliphatic heterocycles. The number of amides is 1. The molecule has 0 fully saturated rings. The Morgan fingerprint density at radius 1 is 1.19 bits per heavy atom. The zero-order valence-corrected chi connectivity index (χ0v) is 14.1. The Morgan fingerprint density at radius 2 is 1.88 bits per heavy atom. The summed E-state index contributed by atoms with van der Waals surface area (Å²) in [6.45, 7) is 2.74. The molecule has 0 saturated heterocycles. The van der Waals surface area contributed by atoms with E-state index < -0.39 is 23.7 Å². The molecule has 2 aromatic carbocycles. The van der Waals surface area contributed by atoms with Crippen molar-refractivity contribution < 1.29 is 19.1 Å². The zero-order valence-electron chi connectivity index (χ0n) is 14.1. The van der Waals surface area contributed by atoms with E-state index in [1.807, 2.05) is 11.9 Å². The number of hydrogen-bond donors (Lipinski definition) is 2. The second-order valence-corrected chi connectivity index (χ2v) is 6.02. The number of carbonyl (C=O) groups excluding carboxylic acids is 1. The third kappa shape index (κ3) is 3.72. The number of aliphatic carboxylic acids is 1. The van der Waals surface area contributed by atoms with Gasteiger partial charge in [-0.2, -0.15) is 5.10 Å². The largest absolute Gasteiger partial charge is 0.479 e. The first-order chi connectivity index (χ1) is 12.5. The third-order valence-corrected chi connectivity index (χ3v) is 4.14. The van der Waals surface area contributed by atoms with Crippen molar-refractivity contribution >= 4 is 23.3 Å². The van der Waals surface area contributed by atoms with Crippen molar-refractivity contribution in [3.63, 3.8) is 0 Å². The lowest BCUT2D eigenvalue weighted by molar-refractivity contribution is -0.139. The fourth-order valence-electron chi connectivity index (χ4n) is 2.74. The Kier molecular flexibility index (Phi) is 4.97. The minimum Gasteiger partial charge on any atom is -0.479 e. The number of nitrogens with one attached hydrogen (secondary N) is 1. The minimum absolute atomic E-state index is 0.0909. The highest BCUT2D eigenvalue weighted by Crippen LogP contribution is 2.21. The molecule has 134 valence electrons. The number of carboxylic acids is 1. The Hall–Kier alpha value is -3.22. The van der Waals surface area contributed by atoms with Crippen LogP contribution in [0.15, 0.2) is 53.6 Å². The molecular formula is C19H18FN3O3. The maximum Gasteiger partial charge on any atom is 0.331 e. The van der Waals surface area contributed by atoms with E-state index in [2.05, 4.69) is 10.4 Å². The number of hydrogen-bond acceptors (Lipinski definition) is 4. The summed E-state index contributed by atoms with van der Waals surface area (Å²) in [5.74, 6) is -2.60. The van der Waals surface area contributed by atoms with Crippen LogP contribution in [0.5, 0.6) is 0 Å². The van der Waals surface area contributed by atoms with Crippen molar-refractivity contribution in [2.24, 2.45) is 5.10 Å². The first kappa shape index (κ1) is 17.6. The zero-order chi connectivity index (χ0) is 18.7. The SMILES string of the molecule is CC1=NN(c2ccc(C(=O)NC(C(=O)O)c3ccccc3F)cc2)CC1. The number of benzene rings is 2. The molecule has 1 aliphatic rings. The highest BCUT2D eigenvalue weighted by Gasteiger charge is 2.25. The van der Waals surface area contributed by atoms with Crippen LogP contribution in [0.1, 0.15) is 35.3 Å². The van der Waals surface area contributed by atoms with E-state index in [0.29, 0.717) is 0 Å². The number of carbonyl (C=O) groups is 2. The lowest BCUT2D eigenvalue weighted by Gasteiger charge is -2.17. The highest BCUT2D eigenvalue weighted by molar-refractivity contribution is 5.97. The lowest BCUT2D eigenvalue weighted by atomic mass is 10.1. The number of rotatable bonds is 5. The minimum atomic E-state index is -1.46. The standard InChI is InChI=1S/C19H18FN3O3/c1-12-10-11-23(22-12)14-8-6-13(7-9-14)18(24)21-17(19(25)26)15-4-2-3-5-16(15)20/h2-9,17H,10-11H2,1H3,(H,21,24)(H,25,26). The fraction of sp³-hybridized carbons (Fsp3) is 0.211. The molecule has 2 N–H and O–H groups in total. The maximum atomic E-state index is 13.9. The van der Waals surface area contributed by atoms with Gasteiger partial charge in [0.15, 0.2) is 6.04 Å². The van der Waals surface area contributed by atoms with Crippen molar-refractivity contribution in [3.8, 4) is 0 Å². The number of carboxylic acid groups (broad SMARTS) is 1. The van der Waals surface area contributed by atoms with Crippen molar-refractivity contribution in [2.75, 3.05) is 11.6 Å². The van der Waals surface area contributed by atoms with Crippen molar-refractivity contribution in [2.45, 2.75) is 19.4 Å². The van der Waals surface area contributed by atoms with Crippen LogP contribution in [0.3, 0.4) is 0 Å². The summed E-state index contributed by atoms with van der Waals surface area (Å²) in [6.07, 6.45) is 0.894. The molecule has 1 atom stereocenters. The molecule has 2 aromatic rings. The van der Waals surface area contributed by atoms with Crippen LogP contribution in [-0.4, -0.2) is 29.2 Å². The van der Waals surface area contributed by atoms with Crippen molar-refractivity contribution in [1.82, 2.24) is 5.32 Å². The topological polar surface area (TPSA) is 82.0 Å². The van der Waals surface area contributed by atoms with Gasteiger partial charge in [0.05, 0.1) is 5.69 Å². The summed E-state index contributed by atoms with van der Waals surface area (Å²) in [4.78, 5) is 23.9. The average molecular weight is 355 g/mol. The van der Waals surface area contributed by atoms with Crippen LogP contribution < -0.4 is 10.3 Å². The molecule has 0 bridgehead atoms. The Bertz CT molecular complexity index is 865. The van der Waals surface area contributed by atoms with Gasteiger partial charge in [-0.05, 0) is 37.3 Å².